The lowest BCUT2D eigenvalue weighted by atomic mass is 9.71. The molecule has 0 bridgehead atoms. The highest BCUT2D eigenvalue weighted by molar-refractivity contribution is 6.48. The molecule has 0 radical (unpaired) electrons. The van der Waals surface area contributed by atoms with E-state index >= 15 is 0 Å². The first-order valence-corrected chi connectivity index (χ1v) is 9.33. The van der Waals surface area contributed by atoms with Gasteiger partial charge in [0, 0.05) is 19.4 Å². The monoisotopic (exact) mass is 285 g/mol. The molecule has 0 aromatic carbocycles. The summed E-state index contributed by atoms with van der Waals surface area (Å²) < 4.78 is 10.8. The molecule has 0 saturated heterocycles. The first kappa shape index (κ1) is 16.0. The Morgan fingerprint density at radius 1 is 1.42 bits per heavy atom. The predicted molar refractivity (Wildman–Crippen MR) is 75.5 cm³/mol. The summed E-state index contributed by atoms with van der Waals surface area (Å²) in [6, 6.07) is 0. The molecule has 108 valence electrons. The van der Waals surface area contributed by atoms with Gasteiger partial charge in [0.2, 0.25) is 5.90 Å². The Morgan fingerprint density at radius 2 is 2.00 bits per heavy atom. The number of rotatable bonds is 4. The van der Waals surface area contributed by atoms with Crippen molar-refractivity contribution in [2.75, 3.05) is 6.61 Å². The van der Waals surface area contributed by atoms with Gasteiger partial charge >= 0.3 is 5.97 Å². The van der Waals surface area contributed by atoms with Crippen molar-refractivity contribution in [1.29, 1.82) is 0 Å². The first-order chi connectivity index (χ1) is 8.62. The number of amides is 1. The van der Waals surface area contributed by atoms with Gasteiger partial charge in [-0.3, -0.25) is 9.59 Å². The third-order valence-electron chi connectivity index (χ3n) is 3.12. The quantitative estimate of drug-likeness (QED) is 0.583. The SMILES string of the molecule is CC(=O)OC1=NC(=O)C1[C@@H](CO[SiH](C)C)C(C)(C)C. The molecule has 2 atom stereocenters. The number of carbonyl (C=O) groups excluding carboxylic acids is 2. The van der Waals surface area contributed by atoms with E-state index in [4.69, 9.17) is 9.16 Å². The molecule has 0 aromatic rings. The van der Waals surface area contributed by atoms with Crippen molar-refractivity contribution >= 4 is 26.8 Å². The van der Waals surface area contributed by atoms with Crippen LogP contribution in [0.2, 0.25) is 13.1 Å². The summed E-state index contributed by atoms with van der Waals surface area (Å²) in [5.41, 5.74) is -0.120. The third kappa shape index (κ3) is 4.24. The van der Waals surface area contributed by atoms with Gasteiger partial charge in [-0.25, -0.2) is 0 Å². The highest BCUT2D eigenvalue weighted by atomic mass is 28.3. The second-order valence-electron chi connectivity index (χ2n) is 6.21. The minimum absolute atomic E-state index is 0.0262. The van der Waals surface area contributed by atoms with Crippen molar-refractivity contribution in [3.8, 4) is 0 Å². The molecular weight excluding hydrogens is 262 g/mol. The van der Waals surface area contributed by atoms with Crippen molar-refractivity contribution in [3.63, 3.8) is 0 Å². The fourth-order valence-corrected chi connectivity index (χ4v) is 2.60. The zero-order chi connectivity index (χ0) is 14.8. The highest BCUT2D eigenvalue weighted by Crippen LogP contribution is 2.37. The molecular formula is C13H23NO4Si. The summed E-state index contributed by atoms with van der Waals surface area (Å²) in [5, 5.41) is 0. The number of hydrogen-bond acceptors (Lipinski definition) is 4. The summed E-state index contributed by atoms with van der Waals surface area (Å²) in [7, 11) is -1.15. The van der Waals surface area contributed by atoms with Gasteiger partial charge < -0.3 is 9.16 Å². The molecule has 1 rings (SSSR count). The molecule has 1 aliphatic heterocycles. The number of esters is 1. The number of ether oxygens (including phenoxy) is 1. The fraction of sp³-hybridized carbons (Fsp3) is 0.769. The highest BCUT2D eigenvalue weighted by Gasteiger charge is 2.47. The zero-order valence-electron chi connectivity index (χ0n) is 12.5. The molecule has 1 heterocycles. The molecule has 5 nitrogen and oxygen atoms in total. The van der Waals surface area contributed by atoms with Crippen LogP contribution in [0.1, 0.15) is 27.7 Å². The first-order valence-electron chi connectivity index (χ1n) is 6.55. The van der Waals surface area contributed by atoms with Crippen molar-refractivity contribution < 1.29 is 18.8 Å². The van der Waals surface area contributed by atoms with Crippen molar-refractivity contribution in [2.24, 2.45) is 22.2 Å². The zero-order valence-corrected chi connectivity index (χ0v) is 13.7. The van der Waals surface area contributed by atoms with E-state index in [1.54, 1.807) is 0 Å². The average molecular weight is 285 g/mol. The summed E-state index contributed by atoms with van der Waals surface area (Å²) in [6.07, 6.45) is 0. The Balaban J connectivity index is 2.84. The van der Waals surface area contributed by atoms with Crippen LogP contribution in [-0.2, 0) is 18.8 Å². The van der Waals surface area contributed by atoms with E-state index in [2.05, 4.69) is 38.9 Å². The van der Waals surface area contributed by atoms with Gasteiger partial charge in [0.05, 0.1) is 0 Å². The minimum atomic E-state index is -1.15. The summed E-state index contributed by atoms with van der Waals surface area (Å²) >= 11 is 0. The van der Waals surface area contributed by atoms with Gasteiger partial charge in [-0.05, 0) is 18.5 Å². The molecule has 1 unspecified atom stereocenters. The number of hydrogen-bond donors (Lipinski definition) is 0. The molecule has 1 amide bonds. The van der Waals surface area contributed by atoms with E-state index in [-0.39, 0.29) is 23.1 Å². The Kier molecular flexibility index (Phi) is 5.03. The summed E-state index contributed by atoms with van der Waals surface area (Å²) in [4.78, 5) is 26.4. The molecule has 0 spiro atoms. The Labute approximate surface area is 116 Å². The second kappa shape index (κ2) is 5.96. The topological polar surface area (TPSA) is 65.0 Å². The van der Waals surface area contributed by atoms with Crippen LogP contribution < -0.4 is 0 Å². The van der Waals surface area contributed by atoms with Crippen molar-refractivity contribution in [3.05, 3.63) is 0 Å². The van der Waals surface area contributed by atoms with Gasteiger partial charge in [-0.15, -0.1) is 0 Å². The van der Waals surface area contributed by atoms with Crippen LogP contribution in [0.15, 0.2) is 4.99 Å². The van der Waals surface area contributed by atoms with Gasteiger partial charge in [0.15, 0.2) is 9.04 Å². The minimum Gasteiger partial charge on any atom is -0.420 e. The van der Waals surface area contributed by atoms with Crippen molar-refractivity contribution in [1.82, 2.24) is 0 Å². The third-order valence-corrected chi connectivity index (χ3v) is 3.98. The van der Waals surface area contributed by atoms with E-state index in [9.17, 15) is 9.59 Å². The van der Waals surface area contributed by atoms with Crippen LogP contribution in [0, 0.1) is 17.3 Å². The number of nitrogens with zero attached hydrogens (tertiary/aromatic N) is 1. The molecule has 6 heteroatoms. The lowest BCUT2D eigenvalue weighted by Gasteiger charge is -2.38. The van der Waals surface area contributed by atoms with Crippen LogP contribution in [0.25, 0.3) is 0 Å². The van der Waals surface area contributed by atoms with Crippen LogP contribution in [0.5, 0.6) is 0 Å². The Morgan fingerprint density at radius 3 is 2.37 bits per heavy atom. The average Bonchev–Trinajstić information content (AvgIpc) is 2.20. The standard InChI is InChI=1S/C13H23NO4Si/c1-8(15)18-12-10(11(16)14-12)9(13(2,3)4)7-17-19(5)6/h9-10,19H,7H2,1-6H3/t9-,10?/m1/s1. The van der Waals surface area contributed by atoms with E-state index in [1.165, 1.54) is 6.92 Å². The molecule has 0 saturated carbocycles. The number of aliphatic imine (C=N–C) groups is 1. The van der Waals surface area contributed by atoms with E-state index in [0.717, 1.165) is 0 Å². The summed E-state index contributed by atoms with van der Waals surface area (Å²) in [5.74, 6) is -0.891. The normalized spacial score (nSPS) is 20.9. The second-order valence-corrected chi connectivity index (χ2v) is 8.65. The maximum Gasteiger partial charge on any atom is 0.309 e. The lowest BCUT2D eigenvalue weighted by Crippen LogP contribution is -2.47. The van der Waals surface area contributed by atoms with Gasteiger partial charge in [0.25, 0.3) is 5.91 Å². The predicted octanol–water partition coefficient (Wildman–Crippen LogP) is 1.77. The maximum absolute atomic E-state index is 11.7. The molecule has 19 heavy (non-hydrogen) atoms. The Hall–Kier alpha value is -1.01. The van der Waals surface area contributed by atoms with E-state index < -0.39 is 20.9 Å². The van der Waals surface area contributed by atoms with E-state index in [1.807, 2.05) is 0 Å². The fourth-order valence-electron chi connectivity index (χ4n) is 2.01. The van der Waals surface area contributed by atoms with E-state index in [0.29, 0.717) is 6.61 Å². The molecule has 0 fully saturated rings. The van der Waals surface area contributed by atoms with Crippen LogP contribution in [0.3, 0.4) is 0 Å². The smallest absolute Gasteiger partial charge is 0.309 e. The Bertz CT molecular complexity index is 398. The molecule has 0 N–H and O–H groups in total. The van der Waals surface area contributed by atoms with Crippen LogP contribution in [0.4, 0.5) is 0 Å². The van der Waals surface area contributed by atoms with Crippen molar-refractivity contribution in [2.45, 2.75) is 40.8 Å². The lowest BCUT2D eigenvalue weighted by molar-refractivity contribution is -0.135. The molecule has 0 aromatic heterocycles. The van der Waals surface area contributed by atoms with Crippen LogP contribution in [-0.4, -0.2) is 33.4 Å². The maximum atomic E-state index is 11.7. The van der Waals surface area contributed by atoms with Gasteiger partial charge in [-0.2, -0.15) is 4.99 Å². The van der Waals surface area contributed by atoms with Gasteiger partial charge in [-0.1, -0.05) is 20.8 Å². The van der Waals surface area contributed by atoms with Gasteiger partial charge in [0.1, 0.15) is 5.92 Å². The molecule has 0 aliphatic carbocycles. The van der Waals surface area contributed by atoms with Crippen LogP contribution >= 0.6 is 0 Å². The number of carbonyl (C=O) groups is 2. The molecule has 1 aliphatic rings. The largest absolute Gasteiger partial charge is 0.420 e. The summed E-state index contributed by atoms with van der Waals surface area (Å²) in [6.45, 7) is 12.2.